The van der Waals surface area contributed by atoms with Gasteiger partial charge in [0.2, 0.25) is 0 Å². The molecule has 0 heterocycles. The molecule has 0 aromatic heterocycles. The second-order valence-electron chi connectivity index (χ2n) is 6.49. The molecule has 0 aliphatic heterocycles. The summed E-state index contributed by atoms with van der Waals surface area (Å²) in [6, 6.07) is 17.8. The Morgan fingerprint density at radius 3 is 2.23 bits per heavy atom. The number of nitro groups is 2. The fraction of sp³-hybridized carbons (Fsp3) is 0.0952. The summed E-state index contributed by atoms with van der Waals surface area (Å²) in [6.07, 6.45) is 0. The van der Waals surface area contributed by atoms with Crippen molar-refractivity contribution in [1.82, 2.24) is 0 Å². The van der Waals surface area contributed by atoms with Crippen molar-refractivity contribution in [3.63, 3.8) is 0 Å². The molecular weight excluding hydrogens is 388 g/mol. The molecule has 0 radical (unpaired) electrons. The third kappa shape index (κ3) is 4.58. The summed E-state index contributed by atoms with van der Waals surface area (Å²) in [5.41, 5.74) is 1.50. The molecule has 9 heteroatoms. The van der Waals surface area contributed by atoms with Crippen LogP contribution >= 0.6 is 0 Å². The molecule has 0 spiro atoms. The Hall–Kier alpha value is -4.27. The number of benzene rings is 3. The zero-order valence-corrected chi connectivity index (χ0v) is 16.0. The fourth-order valence-electron chi connectivity index (χ4n) is 2.92. The second kappa shape index (κ2) is 8.82. The third-order valence-electron chi connectivity index (χ3n) is 4.53. The maximum Gasteiger partial charge on any atom is 0.293 e. The zero-order chi connectivity index (χ0) is 21.7. The number of amides is 1. The number of hydrogen-bond donors (Lipinski definition) is 2. The molecule has 0 atom stereocenters. The first kappa shape index (κ1) is 20.5. The molecule has 2 N–H and O–H groups in total. The zero-order valence-electron chi connectivity index (χ0n) is 16.0. The van der Waals surface area contributed by atoms with E-state index in [1.165, 1.54) is 43.3 Å². The molecule has 1 amide bonds. The van der Waals surface area contributed by atoms with Crippen LogP contribution in [0.15, 0.2) is 66.7 Å². The molecule has 152 valence electrons. The summed E-state index contributed by atoms with van der Waals surface area (Å²) in [7, 11) is 0. The number of rotatable bonds is 7. The first-order chi connectivity index (χ1) is 14.4. The van der Waals surface area contributed by atoms with Gasteiger partial charge in [-0.15, -0.1) is 0 Å². The van der Waals surface area contributed by atoms with Crippen molar-refractivity contribution < 1.29 is 14.6 Å². The lowest BCUT2D eigenvalue weighted by atomic mass is 10.1. The van der Waals surface area contributed by atoms with Crippen LogP contribution in [0.25, 0.3) is 0 Å². The van der Waals surface area contributed by atoms with Gasteiger partial charge in [-0.25, -0.2) is 0 Å². The van der Waals surface area contributed by atoms with Crippen molar-refractivity contribution in [1.29, 1.82) is 0 Å². The predicted octanol–water partition coefficient (Wildman–Crippen LogP) is 4.68. The number of carbonyl (C=O) groups excluding carboxylic acids is 1. The van der Waals surface area contributed by atoms with E-state index in [4.69, 9.17) is 0 Å². The molecular formula is C21H18N4O5. The van der Waals surface area contributed by atoms with Crippen LogP contribution in [0.5, 0.6) is 0 Å². The summed E-state index contributed by atoms with van der Waals surface area (Å²) in [4.78, 5) is 34.0. The van der Waals surface area contributed by atoms with Gasteiger partial charge in [0.05, 0.1) is 21.1 Å². The van der Waals surface area contributed by atoms with Crippen LogP contribution in [0.4, 0.5) is 22.7 Å². The standard InChI is InChI=1S/C21H18N4O5/c1-14-17(8-5-9-19(14)24(27)28)23-21(26)16-10-11-18(20(12-16)25(29)30)22-13-15-6-3-2-4-7-15/h2-12,22H,13H2,1H3,(H,23,26). The number of anilines is 2. The molecule has 0 saturated carbocycles. The normalized spacial score (nSPS) is 10.3. The van der Waals surface area contributed by atoms with E-state index in [1.807, 2.05) is 30.3 Å². The lowest BCUT2D eigenvalue weighted by Gasteiger charge is -2.11. The smallest absolute Gasteiger partial charge is 0.293 e. The van der Waals surface area contributed by atoms with Crippen molar-refractivity contribution in [3.8, 4) is 0 Å². The van der Waals surface area contributed by atoms with Crippen LogP contribution in [0.3, 0.4) is 0 Å². The Morgan fingerprint density at radius 1 is 0.867 bits per heavy atom. The Balaban J connectivity index is 1.82. The lowest BCUT2D eigenvalue weighted by Crippen LogP contribution is -2.14. The third-order valence-corrected chi connectivity index (χ3v) is 4.53. The van der Waals surface area contributed by atoms with E-state index in [2.05, 4.69) is 10.6 Å². The summed E-state index contributed by atoms with van der Waals surface area (Å²) < 4.78 is 0. The van der Waals surface area contributed by atoms with Crippen LogP contribution in [-0.2, 0) is 6.54 Å². The minimum Gasteiger partial charge on any atom is -0.375 e. The minimum atomic E-state index is -0.601. The summed E-state index contributed by atoms with van der Waals surface area (Å²) >= 11 is 0. The highest BCUT2D eigenvalue weighted by Crippen LogP contribution is 2.28. The second-order valence-corrected chi connectivity index (χ2v) is 6.49. The Bertz CT molecular complexity index is 1120. The fourth-order valence-corrected chi connectivity index (χ4v) is 2.92. The molecule has 0 unspecified atom stereocenters. The molecule has 0 fully saturated rings. The number of nitrogens with one attached hydrogen (secondary N) is 2. The van der Waals surface area contributed by atoms with Crippen molar-refractivity contribution in [2.24, 2.45) is 0 Å². The van der Waals surface area contributed by atoms with E-state index in [9.17, 15) is 25.0 Å². The largest absolute Gasteiger partial charge is 0.375 e. The summed E-state index contributed by atoms with van der Waals surface area (Å²) in [5, 5.41) is 28.1. The Kier molecular flexibility index (Phi) is 6.02. The van der Waals surface area contributed by atoms with Crippen molar-refractivity contribution in [2.45, 2.75) is 13.5 Å². The van der Waals surface area contributed by atoms with Crippen LogP contribution in [0.2, 0.25) is 0 Å². The molecule has 3 rings (SSSR count). The highest BCUT2D eigenvalue weighted by Gasteiger charge is 2.19. The predicted molar refractivity (Wildman–Crippen MR) is 113 cm³/mol. The Labute approximate surface area is 171 Å². The van der Waals surface area contributed by atoms with Gasteiger partial charge in [-0.3, -0.25) is 25.0 Å². The molecule has 0 bridgehead atoms. The topological polar surface area (TPSA) is 127 Å². The molecule has 3 aromatic rings. The number of hydrogen-bond acceptors (Lipinski definition) is 6. The van der Waals surface area contributed by atoms with Crippen molar-refractivity contribution >= 4 is 28.7 Å². The van der Waals surface area contributed by atoms with Crippen LogP contribution in [-0.4, -0.2) is 15.8 Å². The van der Waals surface area contributed by atoms with Crippen LogP contribution < -0.4 is 10.6 Å². The van der Waals surface area contributed by atoms with E-state index < -0.39 is 15.8 Å². The van der Waals surface area contributed by atoms with Gasteiger partial charge >= 0.3 is 0 Å². The van der Waals surface area contributed by atoms with Crippen LogP contribution in [0, 0.1) is 27.2 Å². The first-order valence-corrected chi connectivity index (χ1v) is 8.98. The maximum absolute atomic E-state index is 12.6. The van der Waals surface area contributed by atoms with Gasteiger partial charge in [0.15, 0.2) is 0 Å². The number of nitrogens with zero attached hydrogens (tertiary/aromatic N) is 2. The summed E-state index contributed by atoms with van der Waals surface area (Å²) in [5.74, 6) is -0.601. The van der Waals surface area contributed by atoms with E-state index in [1.54, 1.807) is 0 Å². The van der Waals surface area contributed by atoms with Gasteiger partial charge in [-0.1, -0.05) is 36.4 Å². The molecule has 0 saturated heterocycles. The average Bonchev–Trinajstić information content (AvgIpc) is 2.74. The lowest BCUT2D eigenvalue weighted by molar-refractivity contribution is -0.385. The van der Waals surface area contributed by atoms with Crippen LogP contribution in [0.1, 0.15) is 21.5 Å². The quantitative estimate of drug-likeness (QED) is 0.433. The minimum absolute atomic E-state index is 0.0675. The first-order valence-electron chi connectivity index (χ1n) is 8.98. The Morgan fingerprint density at radius 2 is 1.57 bits per heavy atom. The highest BCUT2D eigenvalue weighted by molar-refractivity contribution is 6.05. The molecule has 30 heavy (non-hydrogen) atoms. The van der Waals surface area contributed by atoms with E-state index >= 15 is 0 Å². The van der Waals surface area contributed by atoms with E-state index in [0.717, 1.165) is 5.56 Å². The van der Waals surface area contributed by atoms with Gasteiger partial charge < -0.3 is 10.6 Å². The van der Waals surface area contributed by atoms with Gasteiger partial charge in [-0.05, 0) is 30.7 Å². The SMILES string of the molecule is Cc1c(NC(=O)c2ccc(NCc3ccccc3)c([N+](=O)[O-])c2)cccc1[N+](=O)[O-]. The number of nitro benzene ring substituents is 2. The average molecular weight is 406 g/mol. The van der Waals surface area contributed by atoms with E-state index in [-0.39, 0.29) is 28.3 Å². The molecule has 9 nitrogen and oxygen atoms in total. The van der Waals surface area contributed by atoms with Gasteiger partial charge in [0, 0.05) is 24.2 Å². The van der Waals surface area contributed by atoms with Gasteiger partial charge in [0.1, 0.15) is 5.69 Å². The summed E-state index contributed by atoms with van der Waals surface area (Å²) in [6.45, 7) is 1.91. The number of carbonyl (C=O) groups is 1. The van der Waals surface area contributed by atoms with Gasteiger partial charge in [0.25, 0.3) is 17.3 Å². The van der Waals surface area contributed by atoms with E-state index in [0.29, 0.717) is 12.1 Å². The maximum atomic E-state index is 12.6. The molecule has 0 aliphatic carbocycles. The van der Waals surface area contributed by atoms with Crippen molar-refractivity contribution in [2.75, 3.05) is 10.6 Å². The molecule has 3 aromatic carbocycles. The highest BCUT2D eigenvalue weighted by atomic mass is 16.6. The van der Waals surface area contributed by atoms with Gasteiger partial charge in [-0.2, -0.15) is 0 Å². The monoisotopic (exact) mass is 406 g/mol. The van der Waals surface area contributed by atoms with Crippen molar-refractivity contribution in [3.05, 3.63) is 104 Å². The molecule has 0 aliphatic rings.